The lowest BCUT2D eigenvalue weighted by Gasteiger charge is -2.18. The van der Waals surface area contributed by atoms with E-state index < -0.39 is 24.3 Å². The maximum absolute atomic E-state index is 12.4. The van der Waals surface area contributed by atoms with E-state index in [4.69, 9.17) is 28.4 Å². The molecule has 2 atom stereocenters. The van der Waals surface area contributed by atoms with E-state index in [0.29, 0.717) is 12.0 Å². The van der Waals surface area contributed by atoms with Crippen molar-refractivity contribution in [2.45, 2.75) is 66.8 Å². The van der Waals surface area contributed by atoms with E-state index in [-0.39, 0.29) is 68.0 Å². The Bertz CT molecular complexity index is 931. The first kappa shape index (κ1) is 33.7. The molecule has 0 fully saturated rings. The number of methoxy groups -OCH3 is 1. The van der Waals surface area contributed by atoms with Crippen LogP contribution in [0, 0.1) is 17.8 Å². The number of esters is 2. The van der Waals surface area contributed by atoms with Gasteiger partial charge in [0.1, 0.15) is 12.6 Å². The Kier molecular flexibility index (Phi) is 15.6. The van der Waals surface area contributed by atoms with Crippen LogP contribution < -0.4 is 14.8 Å². The van der Waals surface area contributed by atoms with E-state index in [9.17, 15) is 19.2 Å². The minimum absolute atomic E-state index is 0.0511. The summed E-state index contributed by atoms with van der Waals surface area (Å²) in [7, 11) is 1.27. The first-order valence-corrected chi connectivity index (χ1v) is 13.2. The minimum atomic E-state index is -0.969. The first-order chi connectivity index (χ1) is 18.4. The van der Waals surface area contributed by atoms with Gasteiger partial charge in [0.2, 0.25) is 0 Å². The van der Waals surface area contributed by atoms with E-state index in [1.165, 1.54) is 19.2 Å². The summed E-state index contributed by atoms with van der Waals surface area (Å²) in [4.78, 5) is 48.6. The molecule has 0 saturated carbocycles. The molecule has 0 aliphatic rings. The van der Waals surface area contributed by atoms with Crippen LogP contribution >= 0.6 is 0 Å². The number of hydrogen-bond donors (Lipinski definition) is 1. The van der Waals surface area contributed by atoms with Gasteiger partial charge in [0, 0.05) is 13.0 Å². The molecule has 0 saturated heterocycles. The van der Waals surface area contributed by atoms with Crippen molar-refractivity contribution in [2.24, 2.45) is 17.8 Å². The zero-order chi connectivity index (χ0) is 29.4. The molecule has 0 radical (unpaired) electrons. The second-order valence-corrected chi connectivity index (χ2v) is 10.1. The smallest absolute Gasteiger partial charge is 0.468 e. The van der Waals surface area contributed by atoms with Crippen molar-refractivity contribution in [1.29, 1.82) is 0 Å². The van der Waals surface area contributed by atoms with Crippen LogP contribution in [0.3, 0.4) is 0 Å². The molecule has 11 heteroatoms. The fourth-order valence-corrected chi connectivity index (χ4v) is 3.05. The average molecular weight is 554 g/mol. The van der Waals surface area contributed by atoms with Crippen LogP contribution in [-0.2, 0) is 35.0 Å². The molecule has 1 unspecified atom stereocenters. The summed E-state index contributed by atoms with van der Waals surface area (Å²) >= 11 is 0. The highest BCUT2D eigenvalue weighted by Crippen LogP contribution is 2.30. The largest absolute Gasteiger partial charge is 0.513 e. The fraction of sp³-hybridized carbons (Fsp3) is 0.643. The van der Waals surface area contributed by atoms with Crippen LogP contribution in [0.2, 0.25) is 0 Å². The second kappa shape index (κ2) is 18.0. The number of ether oxygens (including phenoxy) is 6. The molecular weight excluding hydrogens is 510 g/mol. The molecule has 0 aromatic heterocycles. The summed E-state index contributed by atoms with van der Waals surface area (Å²) in [6.07, 6.45) is -0.569. The van der Waals surface area contributed by atoms with Crippen molar-refractivity contribution in [3.63, 3.8) is 0 Å². The number of carbonyl (C=O) groups excluding carboxylic acids is 4. The predicted octanol–water partition coefficient (Wildman–Crippen LogP) is 4.68. The Morgan fingerprint density at radius 1 is 0.846 bits per heavy atom. The topological polar surface area (TPSA) is 136 Å². The highest BCUT2D eigenvalue weighted by Gasteiger charge is 2.22. The van der Waals surface area contributed by atoms with E-state index in [1.54, 1.807) is 6.07 Å². The third kappa shape index (κ3) is 14.4. The van der Waals surface area contributed by atoms with Gasteiger partial charge in [-0.05, 0) is 41.9 Å². The molecule has 1 aromatic rings. The molecule has 0 bridgehead atoms. The number of hydrogen-bond acceptors (Lipinski definition) is 11. The van der Waals surface area contributed by atoms with Crippen LogP contribution in [0.4, 0.5) is 9.59 Å². The average Bonchev–Trinajstić information content (AvgIpc) is 2.88. The van der Waals surface area contributed by atoms with E-state index >= 15 is 0 Å². The molecular formula is C28H43NO10. The minimum Gasteiger partial charge on any atom is -0.468 e. The quantitative estimate of drug-likeness (QED) is 0.132. The molecule has 0 amide bonds. The summed E-state index contributed by atoms with van der Waals surface area (Å²) in [5.41, 5.74) is 0.571. The van der Waals surface area contributed by atoms with Crippen LogP contribution in [0.5, 0.6) is 11.5 Å². The maximum Gasteiger partial charge on any atom is 0.513 e. The molecule has 0 aliphatic carbocycles. The molecule has 1 aromatic carbocycles. The van der Waals surface area contributed by atoms with Crippen LogP contribution in [-0.4, -0.2) is 63.8 Å². The highest BCUT2D eigenvalue weighted by atomic mass is 16.7. The zero-order valence-electron chi connectivity index (χ0n) is 24.1. The Balaban J connectivity index is 2.96. The van der Waals surface area contributed by atoms with E-state index in [0.717, 1.165) is 6.42 Å². The molecule has 11 nitrogen and oxygen atoms in total. The number of rotatable bonds is 16. The fourth-order valence-electron chi connectivity index (χ4n) is 3.05. The van der Waals surface area contributed by atoms with Gasteiger partial charge in [0.25, 0.3) is 0 Å². The van der Waals surface area contributed by atoms with E-state index in [2.05, 4.69) is 5.32 Å². The molecule has 0 spiro atoms. The highest BCUT2D eigenvalue weighted by molar-refractivity contribution is 5.76. The second-order valence-electron chi connectivity index (χ2n) is 10.1. The number of nitrogens with one attached hydrogen (secondary N) is 1. The van der Waals surface area contributed by atoms with E-state index in [1.807, 2.05) is 41.5 Å². The Morgan fingerprint density at radius 2 is 1.44 bits per heavy atom. The lowest BCUT2D eigenvalue weighted by molar-refractivity contribution is -0.144. The van der Waals surface area contributed by atoms with Gasteiger partial charge in [-0.25, -0.2) is 9.59 Å². The van der Waals surface area contributed by atoms with Gasteiger partial charge in [-0.1, -0.05) is 54.0 Å². The van der Waals surface area contributed by atoms with Crippen molar-refractivity contribution in [3.05, 3.63) is 23.8 Å². The monoisotopic (exact) mass is 553 g/mol. The molecule has 39 heavy (non-hydrogen) atoms. The summed E-state index contributed by atoms with van der Waals surface area (Å²) < 4.78 is 30.8. The zero-order valence-corrected chi connectivity index (χ0v) is 24.1. The van der Waals surface area contributed by atoms with Crippen molar-refractivity contribution >= 4 is 24.2 Å². The molecule has 1 rings (SSSR count). The lowest BCUT2D eigenvalue weighted by atomic mass is 10.1. The maximum atomic E-state index is 12.4. The standard InChI is InChI=1S/C28H43NO10/c1-8-20(6)13-25(30)35-12-11-29-22(26(31)34-7)14-21-9-10-23(38-27(32)36-16-18(2)3)24(15-21)39-28(33)37-17-19(4)5/h9-10,15,18-20,22,29H,8,11-14,16-17H2,1-7H3/t20?,22-/m0/s1. The van der Waals surface area contributed by atoms with Crippen molar-refractivity contribution < 1.29 is 47.6 Å². The summed E-state index contributed by atoms with van der Waals surface area (Å²) in [5.74, 6) is -0.530. The first-order valence-electron chi connectivity index (χ1n) is 13.2. The lowest BCUT2D eigenvalue weighted by Crippen LogP contribution is -2.41. The molecule has 220 valence electrons. The third-order valence-corrected chi connectivity index (χ3v) is 5.36. The number of benzene rings is 1. The Morgan fingerprint density at radius 3 is 1.97 bits per heavy atom. The summed E-state index contributed by atoms with van der Waals surface area (Å²) in [5, 5.41) is 3.02. The summed E-state index contributed by atoms with van der Waals surface area (Å²) in [6, 6.07) is 3.72. The van der Waals surface area contributed by atoms with Crippen LogP contribution in [0.1, 0.15) is 59.9 Å². The van der Waals surface area contributed by atoms with Crippen molar-refractivity contribution in [1.82, 2.24) is 5.32 Å². The molecule has 0 heterocycles. The van der Waals surface area contributed by atoms with Gasteiger partial charge >= 0.3 is 24.2 Å². The Labute approximate surface area is 230 Å². The van der Waals surface area contributed by atoms with Crippen molar-refractivity contribution in [3.8, 4) is 11.5 Å². The van der Waals surface area contributed by atoms with Crippen LogP contribution in [0.15, 0.2) is 18.2 Å². The Hall–Kier alpha value is -3.34. The third-order valence-electron chi connectivity index (χ3n) is 5.36. The van der Waals surface area contributed by atoms with Gasteiger partial charge in [0.15, 0.2) is 11.5 Å². The number of carbonyl (C=O) groups is 4. The van der Waals surface area contributed by atoms with Crippen LogP contribution in [0.25, 0.3) is 0 Å². The van der Waals surface area contributed by atoms with Crippen molar-refractivity contribution in [2.75, 3.05) is 33.5 Å². The SMILES string of the molecule is CCC(C)CC(=O)OCCN[C@@H](Cc1ccc(OC(=O)OCC(C)C)c(OC(=O)OCC(C)C)c1)C(=O)OC. The van der Waals surface area contributed by atoms with Gasteiger partial charge in [-0.2, -0.15) is 0 Å². The van der Waals surface area contributed by atoms with Gasteiger partial charge < -0.3 is 33.7 Å². The summed E-state index contributed by atoms with van der Waals surface area (Å²) in [6.45, 7) is 12.1. The predicted molar refractivity (Wildman–Crippen MR) is 143 cm³/mol. The van der Waals surface area contributed by atoms with Gasteiger partial charge in [0.05, 0.1) is 20.3 Å². The normalized spacial score (nSPS) is 12.4. The van der Waals surface area contributed by atoms with Gasteiger partial charge in [-0.15, -0.1) is 0 Å². The molecule has 0 aliphatic heterocycles. The molecule has 1 N–H and O–H groups in total. The van der Waals surface area contributed by atoms with Gasteiger partial charge in [-0.3, -0.25) is 9.59 Å².